The Labute approximate surface area is 182 Å². The molecule has 1 atom stereocenters. The average Bonchev–Trinajstić information content (AvgIpc) is 3.39. The van der Waals surface area contributed by atoms with E-state index in [1.165, 1.54) is 11.3 Å². The number of imide groups is 1. The summed E-state index contributed by atoms with van der Waals surface area (Å²) in [6, 6.07) is 19.3. The van der Waals surface area contributed by atoms with Crippen LogP contribution >= 0.6 is 11.3 Å². The molecule has 0 bridgehead atoms. The lowest BCUT2D eigenvalue weighted by atomic mass is 9.97. The molecule has 0 saturated carbocycles. The number of carbonyl (C=O) groups is 3. The first-order valence-corrected chi connectivity index (χ1v) is 10.7. The van der Waals surface area contributed by atoms with Gasteiger partial charge in [-0.1, -0.05) is 54.6 Å². The van der Waals surface area contributed by atoms with Gasteiger partial charge in [0.1, 0.15) is 6.04 Å². The molecule has 1 aliphatic rings. The summed E-state index contributed by atoms with van der Waals surface area (Å²) in [5.74, 6) is -1.36. The van der Waals surface area contributed by atoms with Crippen molar-refractivity contribution in [3.05, 3.63) is 95.0 Å². The number of aromatic nitrogens is 1. The predicted molar refractivity (Wildman–Crippen MR) is 119 cm³/mol. The Morgan fingerprint density at radius 2 is 1.61 bits per heavy atom. The van der Waals surface area contributed by atoms with Gasteiger partial charge in [-0.25, -0.2) is 4.98 Å². The minimum absolute atomic E-state index is 0.198. The monoisotopic (exact) mass is 427 g/mol. The molecule has 1 aromatic heterocycles. The average molecular weight is 427 g/mol. The SMILES string of the molecule is O=C(Nc1nccs1)C(Cc1cccc2ccccc12)N1C(=O)c2ccccc2C1=O. The summed E-state index contributed by atoms with van der Waals surface area (Å²) >= 11 is 1.28. The number of hydrogen-bond acceptors (Lipinski definition) is 5. The third-order valence-corrected chi connectivity index (χ3v) is 6.08. The summed E-state index contributed by atoms with van der Waals surface area (Å²) in [5, 5.41) is 6.94. The fourth-order valence-electron chi connectivity index (χ4n) is 3.94. The second-order valence-electron chi connectivity index (χ2n) is 7.21. The van der Waals surface area contributed by atoms with Crippen molar-refractivity contribution in [2.45, 2.75) is 12.5 Å². The van der Waals surface area contributed by atoms with E-state index in [9.17, 15) is 14.4 Å². The van der Waals surface area contributed by atoms with E-state index in [0.717, 1.165) is 21.2 Å². The minimum atomic E-state index is -1.01. The van der Waals surface area contributed by atoms with Crippen molar-refractivity contribution in [1.82, 2.24) is 9.88 Å². The number of nitrogens with zero attached hydrogens (tertiary/aromatic N) is 2. The molecular weight excluding hydrogens is 410 g/mol. The first-order chi connectivity index (χ1) is 15.1. The molecule has 0 aliphatic carbocycles. The van der Waals surface area contributed by atoms with Crippen LogP contribution < -0.4 is 5.32 Å². The third kappa shape index (κ3) is 3.39. The van der Waals surface area contributed by atoms with Crippen molar-refractivity contribution < 1.29 is 14.4 Å². The molecule has 1 unspecified atom stereocenters. The Morgan fingerprint density at radius 1 is 0.935 bits per heavy atom. The van der Waals surface area contributed by atoms with Crippen molar-refractivity contribution in [3.8, 4) is 0 Å². The second-order valence-corrected chi connectivity index (χ2v) is 8.11. The summed E-state index contributed by atoms with van der Waals surface area (Å²) in [6.45, 7) is 0. The van der Waals surface area contributed by atoms with Crippen LogP contribution in [0.4, 0.5) is 5.13 Å². The van der Waals surface area contributed by atoms with Crippen LogP contribution in [0.25, 0.3) is 10.8 Å². The third-order valence-electron chi connectivity index (χ3n) is 5.40. The first-order valence-electron chi connectivity index (χ1n) is 9.77. The highest BCUT2D eigenvalue weighted by Crippen LogP contribution is 2.28. The molecule has 31 heavy (non-hydrogen) atoms. The van der Waals surface area contributed by atoms with Gasteiger partial charge in [-0.05, 0) is 28.5 Å². The Morgan fingerprint density at radius 3 is 2.32 bits per heavy atom. The molecule has 0 spiro atoms. The summed E-state index contributed by atoms with van der Waals surface area (Å²) in [5.41, 5.74) is 1.52. The molecule has 0 radical (unpaired) electrons. The fraction of sp³-hybridized carbons (Fsp3) is 0.0833. The molecule has 0 fully saturated rings. The lowest BCUT2D eigenvalue weighted by Gasteiger charge is -2.25. The van der Waals surface area contributed by atoms with E-state index >= 15 is 0 Å². The molecule has 4 aromatic rings. The maximum Gasteiger partial charge on any atom is 0.262 e. The largest absolute Gasteiger partial charge is 0.300 e. The summed E-state index contributed by atoms with van der Waals surface area (Å²) in [6.07, 6.45) is 1.78. The molecule has 5 rings (SSSR count). The number of rotatable bonds is 5. The van der Waals surface area contributed by atoms with Crippen LogP contribution in [0, 0.1) is 0 Å². The van der Waals surface area contributed by atoms with Crippen LogP contribution in [0.3, 0.4) is 0 Å². The Kier molecular flexibility index (Phi) is 4.80. The van der Waals surface area contributed by atoms with Gasteiger partial charge in [-0.3, -0.25) is 19.3 Å². The minimum Gasteiger partial charge on any atom is -0.300 e. The van der Waals surface area contributed by atoms with Crippen molar-refractivity contribution in [1.29, 1.82) is 0 Å². The number of fused-ring (bicyclic) bond motifs is 2. The molecule has 152 valence electrons. The van der Waals surface area contributed by atoms with Gasteiger partial charge >= 0.3 is 0 Å². The van der Waals surface area contributed by atoms with E-state index in [1.54, 1.807) is 35.8 Å². The number of benzene rings is 3. The smallest absolute Gasteiger partial charge is 0.262 e. The first kappa shape index (κ1) is 19.1. The number of thiazole rings is 1. The van der Waals surface area contributed by atoms with Crippen molar-refractivity contribution in [2.24, 2.45) is 0 Å². The van der Waals surface area contributed by atoms with E-state index in [-0.39, 0.29) is 6.42 Å². The van der Waals surface area contributed by atoms with Crippen LogP contribution in [0.2, 0.25) is 0 Å². The van der Waals surface area contributed by atoms with E-state index < -0.39 is 23.8 Å². The molecule has 0 saturated heterocycles. The van der Waals surface area contributed by atoms with Gasteiger partial charge in [0.2, 0.25) is 5.91 Å². The maximum atomic E-state index is 13.3. The van der Waals surface area contributed by atoms with Crippen molar-refractivity contribution in [3.63, 3.8) is 0 Å². The van der Waals surface area contributed by atoms with Gasteiger partial charge in [-0.15, -0.1) is 11.3 Å². The van der Waals surface area contributed by atoms with Gasteiger partial charge < -0.3 is 5.32 Å². The summed E-state index contributed by atoms with van der Waals surface area (Å²) < 4.78 is 0. The Balaban J connectivity index is 1.56. The van der Waals surface area contributed by atoms with Crippen LogP contribution in [0.5, 0.6) is 0 Å². The van der Waals surface area contributed by atoms with E-state index in [0.29, 0.717) is 16.3 Å². The van der Waals surface area contributed by atoms with E-state index in [4.69, 9.17) is 0 Å². The van der Waals surface area contributed by atoms with Crippen LogP contribution in [0.15, 0.2) is 78.3 Å². The zero-order valence-electron chi connectivity index (χ0n) is 16.3. The standard InChI is InChI=1S/C24H17N3O3S/c28-21(26-24-25-12-13-31-24)20(14-16-8-5-7-15-6-1-2-9-17(15)16)27-22(29)18-10-3-4-11-19(18)23(27)30/h1-13,20H,14H2,(H,25,26,28). The molecule has 3 amide bonds. The lowest BCUT2D eigenvalue weighted by molar-refractivity contribution is -0.119. The molecule has 7 heteroatoms. The predicted octanol–water partition coefficient (Wildman–Crippen LogP) is 4.14. The van der Waals surface area contributed by atoms with Gasteiger partial charge in [0.05, 0.1) is 11.1 Å². The number of nitrogens with one attached hydrogen (secondary N) is 1. The van der Waals surface area contributed by atoms with Crippen LogP contribution in [-0.2, 0) is 11.2 Å². The van der Waals surface area contributed by atoms with Gasteiger partial charge in [0, 0.05) is 18.0 Å². The normalized spacial score (nSPS) is 14.0. The highest BCUT2D eigenvalue weighted by Gasteiger charge is 2.42. The molecule has 3 aromatic carbocycles. The number of anilines is 1. The fourth-order valence-corrected chi connectivity index (χ4v) is 4.48. The van der Waals surface area contributed by atoms with Crippen LogP contribution in [0.1, 0.15) is 26.3 Å². The van der Waals surface area contributed by atoms with E-state index in [1.807, 2.05) is 42.5 Å². The zero-order valence-corrected chi connectivity index (χ0v) is 17.1. The number of amides is 3. The van der Waals surface area contributed by atoms with Crippen LogP contribution in [-0.4, -0.2) is 33.6 Å². The Bertz CT molecular complexity index is 1280. The quantitative estimate of drug-likeness (QED) is 0.486. The van der Waals surface area contributed by atoms with Gasteiger partial charge in [-0.2, -0.15) is 0 Å². The van der Waals surface area contributed by atoms with Gasteiger partial charge in [0.15, 0.2) is 5.13 Å². The zero-order chi connectivity index (χ0) is 21.4. The second kappa shape index (κ2) is 7.77. The summed E-state index contributed by atoms with van der Waals surface area (Å²) in [4.78, 5) is 44.7. The molecule has 2 heterocycles. The number of carbonyl (C=O) groups excluding carboxylic acids is 3. The van der Waals surface area contributed by atoms with E-state index in [2.05, 4.69) is 10.3 Å². The van der Waals surface area contributed by atoms with Crippen molar-refractivity contribution in [2.75, 3.05) is 5.32 Å². The van der Waals surface area contributed by atoms with Gasteiger partial charge in [0.25, 0.3) is 11.8 Å². The van der Waals surface area contributed by atoms with Crippen molar-refractivity contribution >= 4 is 45.0 Å². The number of hydrogen-bond donors (Lipinski definition) is 1. The molecule has 1 aliphatic heterocycles. The Hall–Kier alpha value is -3.84. The molecular formula is C24H17N3O3S. The summed E-state index contributed by atoms with van der Waals surface area (Å²) in [7, 11) is 0. The lowest BCUT2D eigenvalue weighted by Crippen LogP contribution is -2.48. The highest BCUT2D eigenvalue weighted by atomic mass is 32.1. The molecule has 1 N–H and O–H groups in total. The molecule has 6 nitrogen and oxygen atoms in total. The topological polar surface area (TPSA) is 79.4 Å². The highest BCUT2D eigenvalue weighted by molar-refractivity contribution is 7.13. The maximum absolute atomic E-state index is 13.3.